The molecule has 0 saturated heterocycles. The predicted octanol–water partition coefficient (Wildman–Crippen LogP) is 3.35. The van der Waals surface area contributed by atoms with Crippen molar-refractivity contribution in [3.8, 4) is 11.5 Å². The molecule has 0 aliphatic heterocycles. The number of methoxy groups -OCH3 is 2. The zero-order valence-electron chi connectivity index (χ0n) is 17.2. The molecule has 0 bridgehead atoms. The summed E-state index contributed by atoms with van der Waals surface area (Å²) in [4.78, 5) is 26.1. The van der Waals surface area contributed by atoms with E-state index in [1.165, 1.54) is 4.90 Å². The Morgan fingerprint density at radius 1 is 1.04 bits per heavy atom. The van der Waals surface area contributed by atoms with E-state index in [9.17, 15) is 9.59 Å². The van der Waals surface area contributed by atoms with Crippen molar-refractivity contribution in [2.75, 3.05) is 33.1 Å². The third kappa shape index (κ3) is 5.49. The summed E-state index contributed by atoms with van der Waals surface area (Å²) in [5.74, 6) is 0.980. The monoisotopic (exact) mass is 384 g/mol. The third-order valence-corrected chi connectivity index (χ3v) is 4.76. The lowest BCUT2D eigenvalue weighted by molar-refractivity contribution is -0.133. The fourth-order valence-electron chi connectivity index (χ4n) is 2.86. The van der Waals surface area contributed by atoms with Gasteiger partial charge in [-0.3, -0.25) is 9.59 Å². The molecule has 0 atom stereocenters. The molecule has 0 spiro atoms. The van der Waals surface area contributed by atoms with Crippen LogP contribution in [0.25, 0.3) is 0 Å². The van der Waals surface area contributed by atoms with E-state index < -0.39 is 0 Å². The van der Waals surface area contributed by atoms with Crippen molar-refractivity contribution < 1.29 is 19.1 Å². The van der Waals surface area contributed by atoms with Gasteiger partial charge >= 0.3 is 0 Å². The first kappa shape index (κ1) is 21.3. The summed E-state index contributed by atoms with van der Waals surface area (Å²) in [6, 6.07) is 11.3. The molecule has 150 valence electrons. The first-order chi connectivity index (χ1) is 13.3. The summed E-state index contributed by atoms with van der Waals surface area (Å²) in [6.45, 7) is 3.97. The van der Waals surface area contributed by atoms with E-state index in [2.05, 4.69) is 5.32 Å². The summed E-state index contributed by atoms with van der Waals surface area (Å²) in [7, 11) is 4.80. The topological polar surface area (TPSA) is 67.9 Å². The highest BCUT2D eigenvalue weighted by Gasteiger charge is 2.14. The van der Waals surface area contributed by atoms with E-state index in [0.717, 1.165) is 22.4 Å². The molecule has 6 nitrogen and oxygen atoms in total. The Bertz CT molecular complexity index is 848. The highest BCUT2D eigenvalue weighted by atomic mass is 16.5. The fourth-order valence-corrected chi connectivity index (χ4v) is 2.86. The van der Waals surface area contributed by atoms with E-state index in [0.29, 0.717) is 24.3 Å². The number of anilines is 1. The largest absolute Gasteiger partial charge is 0.493 e. The quantitative estimate of drug-likeness (QED) is 0.758. The van der Waals surface area contributed by atoms with Crippen LogP contribution in [0.3, 0.4) is 0 Å². The average molecular weight is 384 g/mol. The molecule has 0 unspecified atom stereocenters. The average Bonchev–Trinajstić information content (AvgIpc) is 2.69. The van der Waals surface area contributed by atoms with Gasteiger partial charge in [-0.2, -0.15) is 0 Å². The van der Waals surface area contributed by atoms with Crippen LogP contribution in [-0.4, -0.2) is 44.5 Å². The van der Waals surface area contributed by atoms with Gasteiger partial charge in [-0.25, -0.2) is 0 Å². The zero-order valence-corrected chi connectivity index (χ0v) is 17.2. The van der Waals surface area contributed by atoms with Crippen LogP contribution in [0.1, 0.15) is 23.1 Å². The van der Waals surface area contributed by atoms with Gasteiger partial charge in [-0.05, 0) is 55.2 Å². The molecule has 2 rings (SSSR count). The maximum Gasteiger partial charge on any atom is 0.243 e. The number of ether oxygens (including phenoxy) is 2. The van der Waals surface area contributed by atoms with Crippen molar-refractivity contribution >= 4 is 17.5 Å². The minimum absolute atomic E-state index is 0.0121. The van der Waals surface area contributed by atoms with E-state index in [4.69, 9.17) is 9.47 Å². The minimum Gasteiger partial charge on any atom is -0.493 e. The van der Waals surface area contributed by atoms with Crippen molar-refractivity contribution in [2.45, 2.75) is 26.7 Å². The molecule has 6 heteroatoms. The van der Waals surface area contributed by atoms with Crippen LogP contribution in [0.5, 0.6) is 11.5 Å². The molecule has 2 amide bonds. The summed E-state index contributed by atoms with van der Waals surface area (Å²) < 4.78 is 10.5. The van der Waals surface area contributed by atoms with Crippen LogP contribution in [0.2, 0.25) is 0 Å². The van der Waals surface area contributed by atoms with Gasteiger partial charge in [-0.1, -0.05) is 18.2 Å². The van der Waals surface area contributed by atoms with Crippen LogP contribution >= 0.6 is 0 Å². The molecule has 0 fully saturated rings. The number of aryl methyl sites for hydroxylation is 2. The van der Waals surface area contributed by atoms with Gasteiger partial charge in [0.1, 0.15) is 0 Å². The lowest BCUT2D eigenvalue weighted by Gasteiger charge is -2.18. The number of rotatable bonds is 8. The lowest BCUT2D eigenvalue weighted by Crippen LogP contribution is -2.35. The molecular weight excluding hydrogens is 356 g/mol. The summed E-state index contributed by atoms with van der Waals surface area (Å²) in [6.07, 6.45) is 0.866. The van der Waals surface area contributed by atoms with Gasteiger partial charge in [-0.15, -0.1) is 0 Å². The number of nitrogens with one attached hydrogen (secondary N) is 1. The van der Waals surface area contributed by atoms with Gasteiger partial charge in [0.15, 0.2) is 11.5 Å². The second-order valence-corrected chi connectivity index (χ2v) is 6.73. The highest BCUT2D eigenvalue weighted by Crippen LogP contribution is 2.28. The highest BCUT2D eigenvalue weighted by molar-refractivity contribution is 5.95. The molecule has 0 radical (unpaired) electrons. The summed E-state index contributed by atoms with van der Waals surface area (Å²) >= 11 is 0. The molecule has 0 aromatic heterocycles. The van der Waals surface area contributed by atoms with Crippen molar-refractivity contribution in [3.05, 3.63) is 53.1 Å². The number of hydrogen-bond donors (Lipinski definition) is 1. The number of amides is 2. The van der Waals surface area contributed by atoms with Crippen molar-refractivity contribution in [3.63, 3.8) is 0 Å². The van der Waals surface area contributed by atoms with Crippen molar-refractivity contribution in [2.24, 2.45) is 0 Å². The van der Waals surface area contributed by atoms with E-state index in [-0.39, 0.29) is 18.4 Å². The number of carbonyl (C=O) groups excluding carboxylic acids is 2. The zero-order chi connectivity index (χ0) is 20.7. The molecule has 0 aliphatic carbocycles. The molecule has 0 aliphatic rings. The number of nitrogens with zero attached hydrogens (tertiary/aromatic N) is 1. The van der Waals surface area contributed by atoms with E-state index in [1.54, 1.807) is 21.3 Å². The molecule has 28 heavy (non-hydrogen) atoms. The smallest absolute Gasteiger partial charge is 0.243 e. The van der Waals surface area contributed by atoms with Gasteiger partial charge in [0, 0.05) is 19.2 Å². The van der Waals surface area contributed by atoms with Gasteiger partial charge in [0.2, 0.25) is 11.8 Å². The van der Waals surface area contributed by atoms with Gasteiger partial charge in [0.25, 0.3) is 0 Å². The maximum absolute atomic E-state index is 12.4. The minimum atomic E-state index is -0.212. The Morgan fingerprint density at radius 2 is 1.75 bits per heavy atom. The second-order valence-electron chi connectivity index (χ2n) is 6.73. The third-order valence-electron chi connectivity index (χ3n) is 4.76. The van der Waals surface area contributed by atoms with Crippen LogP contribution in [0, 0.1) is 13.8 Å². The standard InChI is InChI=1S/C22H28N2O4/c1-15-7-6-8-18(16(15)2)23-21(25)14-24(3)22(26)12-10-17-9-11-19(27-4)20(13-17)28-5/h6-9,11,13H,10,12,14H2,1-5H3,(H,23,25). The Hall–Kier alpha value is -3.02. The number of carbonyl (C=O) groups is 2. The number of benzene rings is 2. The Kier molecular flexibility index (Phi) is 7.44. The molecule has 0 heterocycles. The van der Waals surface area contributed by atoms with Crippen LogP contribution < -0.4 is 14.8 Å². The SMILES string of the molecule is COc1ccc(CCC(=O)N(C)CC(=O)Nc2cccc(C)c2C)cc1OC. The Morgan fingerprint density at radius 3 is 2.43 bits per heavy atom. The number of hydrogen-bond acceptors (Lipinski definition) is 4. The molecule has 0 saturated carbocycles. The van der Waals surface area contributed by atoms with Crippen molar-refractivity contribution in [1.82, 2.24) is 4.90 Å². The van der Waals surface area contributed by atoms with Gasteiger partial charge in [0.05, 0.1) is 20.8 Å². The normalized spacial score (nSPS) is 10.3. The first-order valence-corrected chi connectivity index (χ1v) is 9.16. The molecule has 2 aromatic carbocycles. The summed E-state index contributed by atoms with van der Waals surface area (Å²) in [5.41, 5.74) is 3.88. The Labute approximate surface area is 166 Å². The van der Waals surface area contributed by atoms with Gasteiger partial charge < -0.3 is 19.7 Å². The van der Waals surface area contributed by atoms with E-state index in [1.807, 2.05) is 50.2 Å². The van der Waals surface area contributed by atoms with E-state index >= 15 is 0 Å². The maximum atomic E-state index is 12.4. The molecule has 2 aromatic rings. The lowest BCUT2D eigenvalue weighted by atomic mass is 10.1. The van der Waals surface area contributed by atoms with Crippen molar-refractivity contribution in [1.29, 1.82) is 0 Å². The second kappa shape index (κ2) is 9.78. The van der Waals surface area contributed by atoms with Crippen LogP contribution in [0.4, 0.5) is 5.69 Å². The molecule has 1 N–H and O–H groups in total. The number of likely N-dealkylation sites (N-methyl/N-ethyl adjacent to an activating group) is 1. The van der Waals surface area contributed by atoms with Crippen LogP contribution in [-0.2, 0) is 16.0 Å². The van der Waals surface area contributed by atoms with Crippen LogP contribution in [0.15, 0.2) is 36.4 Å². The Balaban J connectivity index is 1.88. The summed E-state index contributed by atoms with van der Waals surface area (Å²) in [5, 5.41) is 2.88. The predicted molar refractivity (Wildman–Crippen MR) is 110 cm³/mol. The fraction of sp³-hybridized carbons (Fsp3) is 0.364. The molecular formula is C22H28N2O4. The first-order valence-electron chi connectivity index (χ1n) is 9.16.